The number of imidazole rings is 1. The van der Waals surface area contributed by atoms with Crippen molar-refractivity contribution < 1.29 is 0 Å². The molecule has 0 saturated carbocycles. The van der Waals surface area contributed by atoms with Crippen molar-refractivity contribution in [3.05, 3.63) is 58.3 Å². The number of fused-ring (bicyclic) bond motifs is 1. The second kappa shape index (κ2) is 4.25. The highest BCUT2D eigenvalue weighted by molar-refractivity contribution is 9.10. The first-order chi connectivity index (χ1) is 8.66. The highest BCUT2D eigenvalue weighted by Gasteiger charge is 2.11. The van der Waals surface area contributed by atoms with Gasteiger partial charge in [0.15, 0.2) is 5.65 Å². The summed E-state index contributed by atoms with van der Waals surface area (Å²) in [5, 5.41) is 0. The molecule has 0 radical (unpaired) electrons. The third-order valence-electron chi connectivity index (χ3n) is 3.17. The molecule has 0 amide bonds. The number of hydrogen-bond acceptors (Lipinski definition) is 1. The predicted octanol–water partition coefficient (Wildman–Crippen LogP) is 4.38. The Bertz CT molecular complexity index is 711. The highest BCUT2D eigenvalue weighted by atomic mass is 79.9. The van der Waals surface area contributed by atoms with Crippen LogP contribution < -0.4 is 0 Å². The summed E-state index contributed by atoms with van der Waals surface area (Å²) >= 11 is 3.55. The molecular weight excluding hydrogens is 288 g/mol. The maximum Gasteiger partial charge on any atom is 0.152 e. The van der Waals surface area contributed by atoms with Gasteiger partial charge in [0.05, 0.1) is 10.2 Å². The lowest BCUT2D eigenvalue weighted by Crippen LogP contribution is -1.87. The predicted molar refractivity (Wildman–Crippen MR) is 77.8 cm³/mol. The summed E-state index contributed by atoms with van der Waals surface area (Å²) in [6.45, 7) is 4.19. The largest absolute Gasteiger partial charge is 0.303 e. The van der Waals surface area contributed by atoms with Crippen LogP contribution in [0.15, 0.2) is 47.1 Å². The third kappa shape index (κ3) is 1.75. The van der Waals surface area contributed by atoms with Gasteiger partial charge in [-0.15, -0.1) is 0 Å². The van der Waals surface area contributed by atoms with E-state index in [4.69, 9.17) is 4.98 Å². The Hall–Kier alpha value is -1.61. The van der Waals surface area contributed by atoms with Crippen molar-refractivity contribution in [1.82, 2.24) is 9.38 Å². The molecule has 90 valence electrons. The minimum atomic E-state index is 0.963. The lowest BCUT2D eigenvalue weighted by atomic mass is 10.1. The summed E-state index contributed by atoms with van der Waals surface area (Å²) in [7, 11) is 0. The topological polar surface area (TPSA) is 17.3 Å². The molecule has 0 fully saturated rings. The fourth-order valence-electron chi connectivity index (χ4n) is 2.14. The fraction of sp³-hybridized carbons (Fsp3) is 0.133. The van der Waals surface area contributed by atoms with Crippen molar-refractivity contribution >= 4 is 21.6 Å². The summed E-state index contributed by atoms with van der Waals surface area (Å²) in [6, 6.07) is 12.5. The van der Waals surface area contributed by atoms with Crippen LogP contribution in [0.25, 0.3) is 16.9 Å². The molecule has 3 rings (SSSR count). The van der Waals surface area contributed by atoms with Crippen molar-refractivity contribution in [2.45, 2.75) is 13.8 Å². The zero-order valence-corrected chi connectivity index (χ0v) is 11.9. The molecule has 2 nitrogen and oxygen atoms in total. The van der Waals surface area contributed by atoms with Gasteiger partial charge in [-0.2, -0.15) is 0 Å². The zero-order valence-electron chi connectivity index (χ0n) is 10.3. The van der Waals surface area contributed by atoms with Crippen LogP contribution in [0.2, 0.25) is 0 Å². The molecule has 0 N–H and O–H groups in total. The molecule has 3 heteroatoms. The van der Waals surface area contributed by atoms with E-state index in [1.807, 2.05) is 18.3 Å². The van der Waals surface area contributed by atoms with Gasteiger partial charge in [0.25, 0.3) is 0 Å². The van der Waals surface area contributed by atoms with Crippen LogP contribution in [0.1, 0.15) is 11.3 Å². The van der Waals surface area contributed by atoms with E-state index in [1.165, 1.54) is 5.56 Å². The van der Waals surface area contributed by atoms with E-state index in [-0.39, 0.29) is 0 Å². The number of nitrogens with zero attached hydrogens (tertiary/aromatic N) is 2. The van der Waals surface area contributed by atoms with E-state index in [9.17, 15) is 0 Å². The second-order valence-electron chi connectivity index (χ2n) is 4.46. The zero-order chi connectivity index (χ0) is 12.7. The molecule has 18 heavy (non-hydrogen) atoms. The van der Waals surface area contributed by atoms with Gasteiger partial charge in [-0.3, -0.25) is 0 Å². The van der Waals surface area contributed by atoms with Gasteiger partial charge in [-0.05, 0) is 41.9 Å². The summed E-state index contributed by atoms with van der Waals surface area (Å²) in [5.74, 6) is 0. The lowest BCUT2D eigenvalue weighted by molar-refractivity contribution is 1.11. The van der Waals surface area contributed by atoms with Gasteiger partial charge >= 0.3 is 0 Å². The molecule has 1 aromatic carbocycles. The number of hydrogen-bond donors (Lipinski definition) is 0. The van der Waals surface area contributed by atoms with Crippen molar-refractivity contribution in [1.29, 1.82) is 0 Å². The highest BCUT2D eigenvalue weighted by Crippen LogP contribution is 2.27. The standard InChI is InChI=1S/C15H13BrN2/c1-10-5-7-12(8-6-10)14-11(2)18-9-3-4-13(16)15(18)17-14/h3-9H,1-2H3. The van der Waals surface area contributed by atoms with Gasteiger partial charge in [-0.25, -0.2) is 4.98 Å². The number of halogens is 1. The van der Waals surface area contributed by atoms with E-state index in [0.717, 1.165) is 27.1 Å². The van der Waals surface area contributed by atoms with Gasteiger partial charge in [0, 0.05) is 17.5 Å². The van der Waals surface area contributed by atoms with E-state index in [0.29, 0.717) is 0 Å². The summed E-state index contributed by atoms with van der Waals surface area (Å²) in [4.78, 5) is 4.73. The monoisotopic (exact) mass is 300 g/mol. The van der Waals surface area contributed by atoms with E-state index < -0.39 is 0 Å². The Labute approximate surface area is 114 Å². The average molecular weight is 301 g/mol. The first-order valence-corrected chi connectivity index (χ1v) is 6.66. The molecule has 0 atom stereocenters. The van der Waals surface area contributed by atoms with Crippen molar-refractivity contribution in [3.8, 4) is 11.3 Å². The van der Waals surface area contributed by atoms with Crippen LogP contribution >= 0.6 is 15.9 Å². The Morgan fingerprint density at radius 2 is 1.78 bits per heavy atom. The summed E-state index contributed by atoms with van der Waals surface area (Å²) in [5.41, 5.74) is 5.60. The molecule has 0 aliphatic rings. The fourth-order valence-corrected chi connectivity index (χ4v) is 2.57. The lowest BCUT2D eigenvalue weighted by Gasteiger charge is -2.00. The third-order valence-corrected chi connectivity index (χ3v) is 3.79. The molecule has 0 bridgehead atoms. The summed E-state index contributed by atoms with van der Waals surface area (Å²) in [6.07, 6.45) is 2.04. The Kier molecular flexibility index (Phi) is 2.71. The minimum absolute atomic E-state index is 0.963. The Morgan fingerprint density at radius 3 is 2.44 bits per heavy atom. The van der Waals surface area contributed by atoms with E-state index >= 15 is 0 Å². The Balaban J connectivity index is 2.27. The molecule has 0 saturated heterocycles. The normalized spacial score (nSPS) is 11.1. The van der Waals surface area contributed by atoms with Gasteiger partial charge in [-0.1, -0.05) is 29.8 Å². The first kappa shape index (κ1) is 11.5. The van der Waals surface area contributed by atoms with Crippen LogP contribution in [-0.4, -0.2) is 9.38 Å². The van der Waals surface area contributed by atoms with E-state index in [2.05, 4.69) is 58.4 Å². The quantitative estimate of drug-likeness (QED) is 0.652. The minimum Gasteiger partial charge on any atom is -0.303 e. The molecule has 0 aliphatic heterocycles. The van der Waals surface area contributed by atoms with E-state index in [1.54, 1.807) is 0 Å². The molecule has 2 heterocycles. The molecule has 3 aromatic rings. The van der Waals surface area contributed by atoms with Crippen molar-refractivity contribution in [2.24, 2.45) is 0 Å². The van der Waals surface area contributed by atoms with Crippen LogP contribution in [0.5, 0.6) is 0 Å². The number of benzene rings is 1. The van der Waals surface area contributed by atoms with Gasteiger partial charge in [0.1, 0.15) is 0 Å². The van der Waals surface area contributed by atoms with Crippen LogP contribution in [-0.2, 0) is 0 Å². The molecular formula is C15H13BrN2. The number of aromatic nitrogens is 2. The van der Waals surface area contributed by atoms with Gasteiger partial charge < -0.3 is 4.40 Å². The van der Waals surface area contributed by atoms with Gasteiger partial charge in [0.2, 0.25) is 0 Å². The maximum absolute atomic E-state index is 4.73. The van der Waals surface area contributed by atoms with Crippen molar-refractivity contribution in [2.75, 3.05) is 0 Å². The molecule has 0 unspecified atom stereocenters. The smallest absolute Gasteiger partial charge is 0.152 e. The average Bonchev–Trinajstić information content (AvgIpc) is 2.70. The number of rotatable bonds is 1. The number of aryl methyl sites for hydroxylation is 2. The molecule has 2 aromatic heterocycles. The van der Waals surface area contributed by atoms with Crippen LogP contribution in [0, 0.1) is 13.8 Å². The van der Waals surface area contributed by atoms with Crippen molar-refractivity contribution in [3.63, 3.8) is 0 Å². The summed E-state index contributed by atoms with van der Waals surface area (Å²) < 4.78 is 3.13. The SMILES string of the molecule is Cc1ccc(-c2nc3c(Br)cccn3c2C)cc1. The molecule has 0 spiro atoms. The second-order valence-corrected chi connectivity index (χ2v) is 5.32. The Morgan fingerprint density at radius 1 is 1.06 bits per heavy atom. The first-order valence-electron chi connectivity index (χ1n) is 5.87. The van der Waals surface area contributed by atoms with Crippen LogP contribution in [0.4, 0.5) is 0 Å². The number of pyridine rings is 1. The van der Waals surface area contributed by atoms with Crippen LogP contribution in [0.3, 0.4) is 0 Å². The maximum atomic E-state index is 4.73. The molecule has 0 aliphatic carbocycles.